The number of aromatic nitrogens is 3. The van der Waals surface area contributed by atoms with Gasteiger partial charge in [-0.25, -0.2) is 0 Å². The maximum atomic E-state index is 12.6. The second-order valence-electron chi connectivity index (χ2n) is 7.94. The third kappa shape index (κ3) is 6.65. The van der Waals surface area contributed by atoms with Crippen LogP contribution in [0.4, 0.5) is 5.69 Å². The van der Waals surface area contributed by atoms with E-state index in [-0.39, 0.29) is 22.6 Å². The quantitative estimate of drug-likeness (QED) is 0.233. The molecule has 2 N–H and O–H groups in total. The molecule has 0 aliphatic carbocycles. The maximum absolute atomic E-state index is 12.6. The van der Waals surface area contributed by atoms with Gasteiger partial charge in [0.05, 0.1) is 22.4 Å². The molecule has 0 aliphatic rings. The van der Waals surface area contributed by atoms with E-state index in [1.54, 1.807) is 30.7 Å². The first-order valence-electron chi connectivity index (χ1n) is 10.4. The van der Waals surface area contributed by atoms with E-state index in [0.29, 0.717) is 27.5 Å². The minimum Gasteiger partial charge on any atom is -0.342 e. The van der Waals surface area contributed by atoms with Crippen LogP contribution in [-0.2, 0) is 11.8 Å². The summed E-state index contributed by atoms with van der Waals surface area (Å²) in [4.78, 5) is 25.2. The molecule has 180 valence electrons. The van der Waals surface area contributed by atoms with E-state index in [2.05, 4.69) is 63.3 Å². The van der Waals surface area contributed by atoms with Crippen LogP contribution < -0.4 is 10.6 Å². The summed E-state index contributed by atoms with van der Waals surface area (Å²) in [6, 6.07) is 10.2. The molecule has 0 spiro atoms. The Balaban J connectivity index is 1.62. The highest BCUT2D eigenvalue weighted by Gasteiger charge is 2.20. The van der Waals surface area contributed by atoms with Crippen LogP contribution in [0.5, 0.6) is 0 Å². The van der Waals surface area contributed by atoms with Crippen molar-refractivity contribution >= 4 is 75.1 Å². The highest BCUT2D eigenvalue weighted by molar-refractivity contribution is 14.1. The molecule has 0 radical (unpaired) electrons. The summed E-state index contributed by atoms with van der Waals surface area (Å²) >= 11 is 15.6. The monoisotopic (exact) mass is 631 g/mol. The predicted octanol–water partition coefficient (Wildman–Crippen LogP) is 6.07. The molecule has 3 aromatic rings. The van der Waals surface area contributed by atoms with Gasteiger partial charge in [0.15, 0.2) is 11.0 Å². The van der Waals surface area contributed by atoms with E-state index >= 15 is 0 Å². The van der Waals surface area contributed by atoms with Crippen LogP contribution in [0.3, 0.4) is 0 Å². The summed E-state index contributed by atoms with van der Waals surface area (Å²) in [5.74, 6) is 0.552. The Morgan fingerprint density at radius 1 is 1.12 bits per heavy atom. The number of benzene rings is 2. The van der Waals surface area contributed by atoms with E-state index < -0.39 is 6.04 Å². The van der Waals surface area contributed by atoms with Gasteiger partial charge in [0.25, 0.3) is 5.91 Å². The first-order chi connectivity index (χ1) is 16.1. The second-order valence-corrected chi connectivity index (χ2v) is 11.0. The van der Waals surface area contributed by atoms with E-state index in [1.165, 1.54) is 17.8 Å². The average Bonchev–Trinajstić information content (AvgIpc) is 3.13. The summed E-state index contributed by atoms with van der Waals surface area (Å²) in [7, 11) is 1.80. The van der Waals surface area contributed by atoms with Gasteiger partial charge in [0, 0.05) is 21.3 Å². The fourth-order valence-electron chi connectivity index (χ4n) is 3.28. The van der Waals surface area contributed by atoms with Gasteiger partial charge >= 0.3 is 0 Å². The predicted molar refractivity (Wildman–Crippen MR) is 146 cm³/mol. The molecule has 0 saturated carbocycles. The van der Waals surface area contributed by atoms with Crippen LogP contribution in [0.1, 0.15) is 54.5 Å². The van der Waals surface area contributed by atoms with Crippen molar-refractivity contribution in [1.29, 1.82) is 0 Å². The molecular formula is C23H24Cl2IN5O2S. The van der Waals surface area contributed by atoms with Crippen LogP contribution in [0.25, 0.3) is 0 Å². The number of hydrogen-bond acceptors (Lipinski definition) is 5. The zero-order chi connectivity index (χ0) is 25.0. The molecule has 34 heavy (non-hydrogen) atoms. The molecule has 7 nitrogen and oxygen atoms in total. The normalized spacial score (nSPS) is 12.0. The van der Waals surface area contributed by atoms with Crippen molar-refractivity contribution in [3.63, 3.8) is 0 Å². The van der Waals surface area contributed by atoms with Crippen molar-refractivity contribution in [3.8, 4) is 0 Å². The van der Waals surface area contributed by atoms with Crippen LogP contribution in [0.2, 0.25) is 10.0 Å². The Labute approximate surface area is 226 Å². The summed E-state index contributed by atoms with van der Waals surface area (Å²) in [6.07, 6.45) is 0. The lowest BCUT2D eigenvalue weighted by molar-refractivity contribution is -0.113. The highest BCUT2D eigenvalue weighted by atomic mass is 127. The molecule has 2 amide bonds. The third-order valence-electron chi connectivity index (χ3n) is 5.02. The number of nitrogens with zero attached hydrogens (tertiary/aromatic N) is 3. The van der Waals surface area contributed by atoms with Gasteiger partial charge in [0.2, 0.25) is 5.91 Å². The number of anilines is 1. The van der Waals surface area contributed by atoms with Crippen molar-refractivity contribution in [2.75, 3.05) is 11.1 Å². The first-order valence-corrected chi connectivity index (χ1v) is 13.3. The summed E-state index contributed by atoms with van der Waals surface area (Å²) < 4.78 is 2.89. The number of rotatable bonds is 8. The van der Waals surface area contributed by atoms with Gasteiger partial charge < -0.3 is 15.2 Å². The lowest BCUT2D eigenvalue weighted by Crippen LogP contribution is -2.28. The molecule has 1 heterocycles. The average molecular weight is 632 g/mol. The number of thioether (sulfide) groups is 1. The van der Waals surface area contributed by atoms with E-state index in [0.717, 1.165) is 14.8 Å². The molecule has 3 rings (SSSR count). The molecule has 0 unspecified atom stereocenters. The van der Waals surface area contributed by atoms with Crippen molar-refractivity contribution in [3.05, 3.63) is 67.0 Å². The van der Waals surface area contributed by atoms with Gasteiger partial charge in [-0.2, -0.15) is 0 Å². The van der Waals surface area contributed by atoms with Crippen molar-refractivity contribution in [2.45, 2.75) is 37.9 Å². The smallest absolute Gasteiger partial charge is 0.253 e. The van der Waals surface area contributed by atoms with Crippen molar-refractivity contribution in [1.82, 2.24) is 20.1 Å². The van der Waals surface area contributed by atoms with Crippen LogP contribution in [-0.4, -0.2) is 32.3 Å². The molecule has 0 aliphatic heterocycles. The number of halogens is 3. The fourth-order valence-corrected chi connectivity index (χ4v) is 5.01. The fraction of sp³-hybridized carbons (Fsp3) is 0.304. The third-order valence-corrected chi connectivity index (χ3v) is 7.26. The largest absolute Gasteiger partial charge is 0.342 e. The van der Waals surface area contributed by atoms with E-state index in [1.807, 2.05) is 12.1 Å². The zero-order valence-electron chi connectivity index (χ0n) is 19.0. The Morgan fingerprint density at radius 3 is 2.53 bits per heavy atom. The number of carbonyl (C=O) groups excluding carboxylic acids is 2. The maximum Gasteiger partial charge on any atom is 0.253 e. The SMILES string of the molecule is CC(C)c1cc(I)ccc1NC(=O)CSc1nnc([C@H](C)NC(=O)c2ccc(Cl)cc2Cl)n1C. The van der Waals surface area contributed by atoms with Crippen LogP contribution in [0, 0.1) is 3.57 Å². The molecule has 0 fully saturated rings. The van der Waals surface area contributed by atoms with Crippen molar-refractivity contribution < 1.29 is 9.59 Å². The molecule has 0 bridgehead atoms. The summed E-state index contributed by atoms with van der Waals surface area (Å²) in [5.41, 5.74) is 2.23. The van der Waals surface area contributed by atoms with Gasteiger partial charge in [-0.15, -0.1) is 10.2 Å². The molecule has 0 saturated heterocycles. The molecule has 2 aromatic carbocycles. The summed E-state index contributed by atoms with van der Waals surface area (Å²) in [6.45, 7) is 5.99. The Bertz CT molecular complexity index is 1220. The molecule has 11 heteroatoms. The Morgan fingerprint density at radius 2 is 1.85 bits per heavy atom. The summed E-state index contributed by atoms with van der Waals surface area (Å²) in [5, 5.41) is 15.5. The topological polar surface area (TPSA) is 88.9 Å². The van der Waals surface area contributed by atoms with Crippen molar-refractivity contribution in [2.24, 2.45) is 7.05 Å². The van der Waals surface area contributed by atoms with Gasteiger partial charge in [-0.3, -0.25) is 9.59 Å². The lowest BCUT2D eigenvalue weighted by atomic mass is 10.0. The van der Waals surface area contributed by atoms with E-state index in [4.69, 9.17) is 23.2 Å². The Hall–Kier alpha value is -1.82. The molecular weight excluding hydrogens is 608 g/mol. The minimum absolute atomic E-state index is 0.128. The lowest BCUT2D eigenvalue weighted by Gasteiger charge is -2.15. The van der Waals surface area contributed by atoms with Crippen LogP contribution >= 0.6 is 57.6 Å². The first kappa shape index (κ1) is 26.8. The molecule has 1 atom stereocenters. The standard InChI is InChI=1S/C23H24Cl2IN5O2S/c1-12(2)17-10-15(26)6-8-19(17)28-20(32)11-34-23-30-29-21(31(23)4)13(3)27-22(33)16-7-5-14(24)9-18(16)25/h5-10,12-13H,11H2,1-4H3,(H,27,33)(H,28,32)/t13-/m0/s1. The van der Waals surface area contributed by atoms with Gasteiger partial charge in [-0.1, -0.05) is 48.8 Å². The number of hydrogen-bond donors (Lipinski definition) is 2. The second kappa shape index (κ2) is 11.7. The number of nitrogens with one attached hydrogen (secondary N) is 2. The van der Waals surface area contributed by atoms with Gasteiger partial charge in [-0.05, 0) is 77.4 Å². The minimum atomic E-state index is -0.430. The molecule has 1 aromatic heterocycles. The van der Waals surface area contributed by atoms with Crippen LogP contribution in [0.15, 0.2) is 41.6 Å². The Kier molecular flexibility index (Phi) is 9.25. The van der Waals surface area contributed by atoms with Gasteiger partial charge in [0.1, 0.15) is 0 Å². The highest BCUT2D eigenvalue weighted by Crippen LogP contribution is 2.27. The zero-order valence-corrected chi connectivity index (χ0v) is 23.5. The number of amides is 2. The van der Waals surface area contributed by atoms with E-state index in [9.17, 15) is 9.59 Å². The number of carbonyl (C=O) groups is 2.